The topological polar surface area (TPSA) is 67.9 Å². The predicted molar refractivity (Wildman–Crippen MR) is 115 cm³/mol. The Labute approximate surface area is 178 Å². The van der Waals surface area contributed by atoms with Crippen LogP contribution < -0.4 is 14.8 Å². The van der Waals surface area contributed by atoms with E-state index in [0.29, 0.717) is 38.9 Å². The highest BCUT2D eigenvalue weighted by Crippen LogP contribution is 2.31. The lowest BCUT2D eigenvalue weighted by atomic mass is 9.79. The summed E-state index contributed by atoms with van der Waals surface area (Å²) in [5.41, 5.74) is 1.50. The molecule has 6 heteroatoms. The van der Waals surface area contributed by atoms with Gasteiger partial charge in [-0.2, -0.15) is 0 Å². The zero-order valence-corrected chi connectivity index (χ0v) is 17.9. The summed E-state index contributed by atoms with van der Waals surface area (Å²) < 4.78 is 10.4. The Morgan fingerprint density at radius 2 is 1.63 bits per heavy atom. The molecular formula is C24H30N2O4. The van der Waals surface area contributed by atoms with Crippen LogP contribution in [0.2, 0.25) is 0 Å². The number of carbonyl (C=O) groups excluding carboxylic acids is 2. The van der Waals surface area contributed by atoms with Crippen molar-refractivity contribution in [3.05, 3.63) is 59.7 Å². The van der Waals surface area contributed by atoms with Gasteiger partial charge in [0.2, 0.25) is 11.8 Å². The number of carbonyl (C=O) groups is 2. The fourth-order valence-corrected chi connectivity index (χ4v) is 3.68. The highest BCUT2D eigenvalue weighted by atomic mass is 16.5. The molecule has 1 fully saturated rings. The standard InChI is InChI=1S/C24H30N2O4/c1-24(23(28)25-17-18-7-9-20(29-2)10-8-18)11-13-26(14-12-24)22(27)16-19-5-4-6-21(15-19)30-3/h4-10,15H,11-14,16-17H2,1-3H3,(H,25,28). The number of ether oxygens (including phenoxy) is 2. The van der Waals surface area contributed by atoms with E-state index in [0.717, 1.165) is 22.6 Å². The van der Waals surface area contributed by atoms with Crippen molar-refractivity contribution < 1.29 is 19.1 Å². The smallest absolute Gasteiger partial charge is 0.226 e. The minimum Gasteiger partial charge on any atom is -0.497 e. The molecule has 0 radical (unpaired) electrons. The molecule has 2 amide bonds. The van der Waals surface area contributed by atoms with E-state index < -0.39 is 5.41 Å². The highest BCUT2D eigenvalue weighted by Gasteiger charge is 2.37. The van der Waals surface area contributed by atoms with Crippen molar-refractivity contribution >= 4 is 11.8 Å². The number of nitrogens with zero attached hydrogens (tertiary/aromatic N) is 1. The maximum Gasteiger partial charge on any atom is 0.226 e. The quantitative estimate of drug-likeness (QED) is 0.761. The molecule has 3 rings (SSSR count). The normalized spacial score (nSPS) is 15.4. The molecule has 160 valence electrons. The lowest BCUT2D eigenvalue weighted by Crippen LogP contribution is -2.49. The molecular weight excluding hydrogens is 380 g/mol. The molecule has 1 N–H and O–H groups in total. The predicted octanol–water partition coefficient (Wildman–Crippen LogP) is 3.19. The van der Waals surface area contributed by atoms with Crippen LogP contribution in [0.5, 0.6) is 11.5 Å². The second-order valence-electron chi connectivity index (χ2n) is 8.00. The Bertz CT molecular complexity index is 871. The Kier molecular flexibility index (Phi) is 6.98. The summed E-state index contributed by atoms with van der Waals surface area (Å²) in [4.78, 5) is 27.3. The van der Waals surface area contributed by atoms with E-state index in [2.05, 4.69) is 5.32 Å². The Balaban J connectivity index is 1.49. The van der Waals surface area contributed by atoms with Crippen LogP contribution in [0.15, 0.2) is 48.5 Å². The van der Waals surface area contributed by atoms with E-state index in [1.807, 2.05) is 60.4 Å². The molecule has 30 heavy (non-hydrogen) atoms. The lowest BCUT2D eigenvalue weighted by Gasteiger charge is -2.38. The van der Waals surface area contributed by atoms with E-state index in [9.17, 15) is 9.59 Å². The van der Waals surface area contributed by atoms with Crippen molar-refractivity contribution in [1.29, 1.82) is 0 Å². The van der Waals surface area contributed by atoms with Crippen LogP contribution in [0.25, 0.3) is 0 Å². The molecule has 0 saturated carbocycles. The minimum absolute atomic E-state index is 0.0400. The molecule has 0 aliphatic carbocycles. The van der Waals surface area contributed by atoms with Gasteiger partial charge in [0.05, 0.1) is 20.6 Å². The van der Waals surface area contributed by atoms with Crippen molar-refractivity contribution in [2.75, 3.05) is 27.3 Å². The molecule has 2 aromatic carbocycles. The van der Waals surface area contributed by atoms with Crippen LogP contribution in [-0.2, 0) is 22.6 Å². The first kappa shape index (κ1) is 21.7. The number of likely N-dealkylation sites (tertiary alicyclic amines) is 1. The molecule has 0 spiro atoms. The Morgan fingerprint density at radius 1 is 0.967 bits per heavy atom. The van der Waals surface area contributed by atoms with Gasteiger partial charge in [0, 0.05) is 25.0 Å². The van der Waals surface area contributed by atoms with E-state index in [4.69, 9.17) is 9.47 Å². The third-order valence-corrected chi connectivity index (χ3v) is 5.87. The first-order valence-corrected chi connectivity index (χ1v) is 10.3. The molecule has 1 aliphatic rings. The van der Waals surface area contributed by atoms with E-state index in [-0.39, 0.29) is 11.8 Å². The third kappa shape index (κ3) is 5.32. The van der Waals surface area contributed by atoms with Crippen molar-refractivity contribution in [2.45, 2.75) is 32.7 Å². The van der Waals surface area contributed by atoms with Gasteiger partial charge in [0.1, 0.15) is 11.5 Å². The first-order valence-electron chi connectivity index (χ1n) is 10.3. The number of benzene rings is 2. The zero-order valence-electron chi connectivity index (χ0n) is 17.9. The number of nitrogens with one attached hydrogen (secondary N) is 1. The zero-order chi connectivity index (χ0) is 21.6. The van der Waals surface area contributed by atoms with Gasteiger partial charge in [-0.25, -0.2) is 0 Å². The summed E-state index contributed by atoms with van der Waals surface area (Å²) in [6.07, 6.45) is 1.66. The summed E-state index contributed by atoms with van der Waals surface area (Å²) >= 11 is 0. The van der Waals surface area contributed by atoms with Crippen molar-refractivity contribution in [1.82, 2.24) is 10.2 Å². The summed E-state index contributed by atoms with van der Waals surface area (Å²) in [7, 11) is 3.25. The minimum atomic E-state index is -0.459. The molecule has 0 atom stereocenters. The lowest BCUT2D eigenvalue weighted by molar-refractivity contribution is -0.139. The summed E-state index contributed by atoms with van der Waals surface area (Å²) in [6, 6.07) is 15.2. The third-order valence-electron chi connectivity index (χ3n) is 5.87. The van der Waals surface area contributed by atoms with Gasteiger partial charge in [0.15, 0.2) is 0 Å². The van der Waals surface area contributed by atoms with Crippen LogP contribution >= 0.6 is 0 Å². The maximum atomic E-state index is 12.8. The van der Waals surface area contributed by atoms with Crippen molar-refractivity contribution in [3.8, 4) is 11.5 Å². The first-order chi connectivity index (χ1) is 14.4. The molecule has 1 saturated heterocycles. The van der Waals surface area contributed by atoms with Crippen LogP contribution in [0.1, 0.15) is 30.9 Å². The fourth-order valence-electron chi connectivity index (χ4n) is 3.68. The van der Waals surface area contributed by atoms with Gasteiger partial charge in [-0.15, -0.1) is 0 Å². The van der Waals surface area contributed by atoms with E-state index in [1.165, 1.54) is 0 Å². The average molecular weight is 411 g/mol. The van der Waals surface area contributed by atoms with Crippen LogP contribution in [0.3, 0.4) is 0 Å². The number of amides is 2. The summed E-state index contributed by atoms with van der Waals surface area (Å²) in [5.74, 6) is 1.67. The molecule has 6 nitrogen and oxygen atoms in total. The van der Waals surface area contributed by atoms with Gasteiger partial charge >= 0.3 is 0 Å². The number of methoxy groups -OCH3 is 2. The van der Waals surface area contributed by atoms with Crippen LogP contribution in [0.4, 0.5) is 0 Å². The van der Waals surface area contributed by atoms with Crippen molar-refractivity contribution in [3.63, 3.8) is 0 Å². The average Bonchev–Trinajstić information content (AvgIpc) is 2.78. The SMILES string of the molecule is COc1ccc(CNC(=O)C2(C)CCN(C(=O)Cc3cccc(OC)c3)CC2)cc1. The number of rotatable bonds is 7. The molecule has 0 unspecified atom stereocenters. The Hall–Kier alpha value is -3.02. The molecule has 0 aromatic heterocycles. The molecule has 0 bridgehead atoms. The number of hydrogen-bond donors (Lipinski definition) is 1. The monoisotopic (exact) mass is 410 g/mol. The van der Waals surface area contributed by atoms with Gasteiger partial charge in [-0.1, -0.05) is 31.2 Å². The number of hydrogen-bond acceptors (Lipinski definition) is 4. The molecule has 2 aromatic rings. The highest BCUT2D eigenvalue weighted by molar-refractivity contribution is 5.83. The van der Waals surface area contributed by atoms with Gasteiger partial charge in [-0.05, 0) is 48.2 Å². The van der Waals surface area contributed by atoms with Crippen LogP contribution in [-0.4, -0.2) is 44.0 Å². The number of piperidine rings is 1. The fraction of sp³-hybridized carbons (Fsp3) is 0.417. The summed E-state index contributed by atoms with van der Waals surface area (Å²) in [5, 5.41) is 3.05. The Morgan fingerprint density at radius 3 is 2.27 bits per heavy atom. The molecule has 1 aliphatic heterocycles. The van der Waals surface area contributed by atoms with E-state index >= 15 is 0 Å². The van der Waals surface area contributed by atoms with E-state index in [1.54, 1.807) is 14.2 Å². The second-order valence-corrected chi connectivity index (χ2v) is 8.00. The van der Waals surface area contributed by atoms with Crippen molar-refractivity contribution in [2.24, 2.45) is 5.41 Å². The second kappa shape index (κ2) is 9.65. The van der Waals surface area contributed by atoms with Gasteiger partial charge < -0.3 is 19.7 Å². The largest absolute Gasteiger partial charge is 0.497 e. The van der Waals surface area contributed by atoms with Crippen LogP contribution in [0, 0.1) is 5.41 Å². The summed E-state index contributed by atoms with van der Waals surface area (Å²) in [6.45, 7) is 3.65. The van der Waals surface area contributed by atoms with Gasteiger partial charge in [0.25, 0.3) is 0 Å². The maximum absolute atomic E-state index is 12.8. The van der Waals surface area contributed by atoms with Gasteiger partial charge in [-0.3, -0.25) is 9.59 Å². The molecule has 1 heterocycles.